The highest BCUT2D eigenvalue weighted by atomic mass is 16.5. The van der Waals surface area contributed by atoms with Crippen LogP contribution in [0.2, 0.25) is 0 Å². The zero-order valence-electron chi connectivity index (χ0n) is 10.6. The molecule has 1 aromatic rings. The van der Waals surface area contributed by atoms with Gasteiger partial charge in [-0.25, -0.2) is 0 Å². The molecule has 1 unspecified atom stereocenters. The predicted octanol–water partition coefficient (Wildman–Crippen LogP) is 1.00. The molecule has 1 saturated heterocycles. The largest absolute Gasteiger partial charge is 0.381 e. The molecule has 0 aromatic carbocycles. The van der Waals surface area contributed by atoms with Gasteiger partial charge in [0.05, 0.1) is 0 Å². The first-order valence-electron chi connectivity index (χ1n) is 6.86. The van der Waals surface area contributed by atoms with E-state index < -0.39 is 0 Å². The SMILES string of the molecule is O=c1ccc2c([nH]1)CCC(NC1CCOCC1)C2. The maximum absolute atomic E-state index is 11.3. The molecule has 4 nitrogen and oxygen atoms in total. The third-order valence-electron chi connectivity index (χ3n) is 4.00. The Morgan fingerprint density at radius 3 is 2.83 bits per heavy atom. The number of hydrogen-bond acceptors (Lipinski definition) is 3. The van der Waals surface area contributed by atoms with E-state index in [1.165, 1.54) is 5.56 Å². The molecule has 0 amide bonds. The minimum Gasteiger partial charge on any atom is -0.381 e. The number of aromatic nitrogens is 1. The fraction of sp³-hybridized carbons (Fsp3) is 0.643. The summed E-state index contributed by atoms with van der Waals surface area (Å²) in [7, 11) is 0. The number of fused-ring (bicyclic) bond motifs is 1. The van der Waals surface area contributed by atoms with Crippen molar-refractivity contribution < 1.29 is 4.74 Å². The minimum absolute atomic E-state index is 0.0181. The summed E-state index contributed by atoms with van der Waals surface area (Å²) < 4.78 is 5.38. The van der Waals surface area contributed by atoms with Crippen LogP contribution in [0.1, 0.15) is 30.5 Å². The number of rotatable bonds is 2. The van der Waals surface area contributed by atoms with Crippen LogP contribution in [-0.2, 0) is 17.6 Å². The van der Waals surface area contributed by atoms with Gasteiger partial charge in [-0.2, -0.15) is 0 Å². The summed E-state index contributed by atoms with van der Waals surface area (Å²) in [5, 5.41) is 3.74. The van der Waals surface area contributed by atoms with Gasteiger partial charge in [0.2, 0.25) is 5.56 Å². The van der Waals surface area contributed by atoms with Gasteiger partial charge in [0.15, 0.2) is 0 Å². The van der Waals surface area contributed by atoms with Gasteiger partial charge in [-0.15, -0.1) is 0 Å². The number of H-pyrrole nitrogens is 1. The molecule has 0 radical (unpaired) electrons. The fourth-order valence-corrected chi connectivity index (χ4v) is 2.99. The zero-order chi connectivity index (χ0) is 12.4. The van der Waals surface area contributed by atoms with Crippen LogP contribution < -0.4 is 10.9 Å². The van der Waals surface area contributed by atoms with Crippen LogP contribution in [0.5, 0.6) is 0 Å². The Morgan fingerprint density at radius 2 is 2.00 bits per heavy atom. The van der Waals surface area contributed by atoms with E-state index in [2.05, 4.69) is 10.3 Å². The Balaban J connectivity index is 1.63. The summed E-state index contributed by atoms with van der Waals surface area (Å²) in [4.78, 5) is 14.2. The summed E-state index contributed by atoms with van der Waals surface area (Å²) in [6.07, 6.45) is 5.37. The first-order chi connectivity index (χ1) is 8.81. The summed E-state index contributed by atoms with van der Waals surface area (Å²) in [6.45, 7) is 1.77. The zero-order valence-corrected chi connectivity index (χ0v) is 10.6. The van der Waals surface area contributed by atoms with Crippen LogP contribution in [0.3, 0.4) is 0 Å². The number of nitrogens with one attached hydrogen (secondary N) is 2. The summed E-state index contributed by atoms with van der Waals surface area (Å²) in [6, 6.07) is 4.77. The second-order valence-corrected chi connectivity index (χ2v) is 5.32. The van der Waals surface area contributed by atoms with Crippen molar-refractivity contribution in [1.82, 2.24) is 10.3 Å². The molecule has 1 fully saturated rings. The molecular formula is C14H20N2O2. The number of pyridine rings is 1. The molecule has 0 saturated carbocycles. The van der Waals surface area contributed by atoms with Gasteiger partial charge in [0.1, 0.15) is 0 Å². The van der Waals surface area contributed by atoms with E-state index in [1.807, 2.05) is 6.07 Å². The lowest BCUT2D eigenvalue weighted by Gasteiger charge is -2.31. The molecular weight excluding hydrogens is 228 g/mol. The number of hydrogen-bond donors (Lipinski definition) is 2. The molecule has 3 rings (SSSR count). The molecule has 2 aliphatic rings. The second-order valence-electron chi connectivity index (χ2n) is 5.32. The second kappa shape index (κ2) is 5.24. The van der Waals surface area contributed by atoms with Gasteiger partial charge in [-0.1, -0.05) is 6.07 Å². The van der Waals surface area contributed by atoms with Crippen molar-refractivity contribution in [2.45, 2.75) is 44.2 Å². The quantitative estimate of drug-likeness (QED) is 0.821. The lowest BCUT2D eigenvalue weighted by Crippen LogP contribution is -2.44. The highest BCUT2D eigenvalue weighted by Gasteiger charge is 2.22. The Bertz CT molecular complexity index is 463. The average Bonchev–Trinajstić information content (AvgIpc) is 2.40. The molecule has 1 aromatic heterocycles. The summed E-state index contributed by atoms with van der Waals surface area (Å²) >= 11 is 0. The van der Waals surface area contributed by atoms with Gasteiger partial charge in [0.25, 0.3) is 0 Å². The monoisotopic (exact) mass is 248 g/mol. The fourth-order valence-electron chi connectivity index (χ4n) is 2.99. The number of aryl methyl sites for hydroxylation is 1. The van der Waals surface area contributed by atoms with Crippen molar-refractivity contribution in [2.75, 3.05) is 13.2 Å². The van der Waals surface area contributed by atoms with Gasteiger partial charge in [-0.3, -0.25) is 4.79 Å². The van der Waals surface area contributed by atoms with Crippen molar-refractivity contribution in [3.8, 4) is 0 Å². The van der Waals surface area contributed by atoms with Crippen molar-refractivity contribution in [3.05, 3.63) is 33.7 Å². The van der Waals surface area contributed by atoms with E-state index in [-0.39, 0.29) is 5.56 Å². The maximum atomic E-state index is 11.3. The van der Waals surface area contributed by atoms with Gasteiger partial charge in [0, 0.05) is 37.1 Å². The van der Waals surface area contributed by atoms with Crippen LogP contribution in [0.25, 0.3) is 0 Å². The molecule has 2 heterocycles. The smallest absolute Gasteiger partial charge is 0.248 e. The molecule has 0 bridgehead atoms. The highest BCUT2D eigenvalue weighted by molar-refractivity contribution is 5.24. The van der Waals surface area contributed by atoms with Crippen LogP contribution in [0.15, 0.2) is 16.9 Å². The standard InChI is InChI=1S/C14H20N2O2/c17-14-4-1-10-9-12(2-3-13(10)16-14)15-11-5-7-18-8-6-11/h1,4,11-12,15H,2-3,5-9H2,(H,16,17). The van der Waals surface area contributed by atoms with Crippen molar-refractivity contribution in [1.29, 1.82) is 0 Å². The van der Waals surface area contributed by atoms with Crippen LogP contribution in [0.4, 0.5) is 0 Å². The van der Waals surface area contributed by atoms with E-state index in [0.717, 1.165) is 51.0 Å². The summed E-state index contributed by atoms with van der Waals surface area (Å²) in [5.41, 5.74) is 2.45. The Labute approximate surface area is 107 Å². The first-order valence-corrected chi connectivity index (χ1v) is 6.86. The molecule has 1 atom stereocenters. The van der Waals surface area contributed by atoms with E-state index in [9.17, 15) is 4.79 Å². The van der Waals surface area contributed by atoms with E-state index in [4.69, 9.17) is 4.74 Å². The van der Waals surface area contributed by atoms with Crippen LogP contribution in [0, 0.1) is 0 Å². The molecule has 18 heavy (non-hydrogen) atoms. The van der Waals surface area contributed by atoms with Crippen LogP contribution >= 0.6 is 0 Å². The van der Waals surface area contributed by atoms with Gasteiger partial charge < -0.3 is 15.0 Å². The first kappa shape index (κ1) is 11.9. The number of ether oxygens (including phenoxy) is 1. The van der Waals surface area contributed by atoms with Crippen LogP contribution in [-0.4, -0.2) is 30.3 Å². The molecule has 2 N–H and O–H groups in total. The molecule has 0 spiro atoms. The van der Waals surface area contributed by atoms with Gasteiger partial charge in [-0.05, 0) is 37.7 Å². The lowest BCUT2D eigenvalue weighted by molar-refractivity contribution is 0.0742. The van der Waals surface area contributed by atoms with E-state index in [1.54, 1.807) is 6.07 Å². The van der Waals surface area contributed by atoms with Crippen molar-refractivity contribution in [3.63, 3.8) is 0 Å². The maximum Gasteiger partial charge on any atom is 0.248 e. The Morgan fingerprint density at radius 1 is 1.17 bits per heavy atom. The Hall–Kier alpha value is -1.13. The molecule has 4 heteroatoms. The lowest BCUT2D eigenvalue weighted by atomic mass is 9.91. The number of aromatic amines is 1. The highest BCUT2D eigenvalue weighted by Crippen LogP contribution is 2.19. The van der Waals surface area contributed by atoms with E-state index in [0.29, 0.717) is 12.1 Å². The normalized spacial score (nSPS) is 24.8. The topological polar surface area (TPSA) is 54.1 Å². The molecule has 1 aliphatic heterocycles. The third kappa shape index (κ3) is 2.65. The molecule has 1 aliphatic carbocycles. The average molecular weight is 248 g/mol. The van der Waals surface area contributed by atoms with E-state index >= 15 is 0 Å². The Kier molecular flexibility index (Phi) is 3.48. The van der Waals surface area contributed by atoms with Crippen molar-refractivity contribution >= 4 is 0 Å². The third-order valence-corrected chi connectivity index (χ3v) is 4.00. The molecule has 98 valence electrons. The summed E-state index contributed by atoms with van der Waals surface area (Å²) in [5.74, 6) is 0. The van der Waals surface area contributed by atoms with Crippen molar-refractivity contribution in [2.24, 2.45) is 0 Å². The minimum atomic E-state index is 0.0181. The van der Waals surface area contributed by atoms with Gasteiger partial charge >= 0.3 is 0 Å². The predicted molar refractivity (Wildman–Crippen MR) is 69.9 cm³/mol.